The highest BCUT2D eigenvalue weighted by molar-refractivity contribution is 6.18. The fourth-order valence-corrected chi connectivity index (χ4v) is 1.90. The van der Waals surface area contributed by atoms with Gasteiger partial charge in [0.1, 0.15) is 0 Å². The van der Waals surface area contributed by atoms with Crippen LogP contribution in [0.4, 0.5) is 8.78 Å². The molecule has 0 spiro atoms. The summed E-state index contributed by atoms with van der Waals surface area (Å²) in [4.78, 5) is 1.61. The molecule has 0 aliphatic rings. The van der Waals surface area contributed by atoms with Crippen LogP contribution in [0.15, 0.2) is 30.3 Å². The van der Waals surface area contributed by atoms with Gasteiger partial charge in [0.2, 0.25) is 0 Å². The maximum absolute atomic E-state index is 14.0. The molecule has 0 aromatic heterocycles. The van der Waals surface area contributed by atoms with E-state index in [9.17, 15) is 8.78 Å². The molecule has 0 aliphatic heterocycles. The lowest BCUT2D eigenvalue weighted by Gasteiger charge is -2.26. The van der Waals surface area contributed by atoms with Crippen LogP contribution in [0.5, 0.6) is 0 Å². The molecule has 0 heterocycles. The molecule has 2 nitrogen and oxygen atoms in total. The summed E-state index contributed by atoms with van der Waals surface area (Å²) in [5.74, 6) is -2.55. The van der Waals surface area contributed by atoms with Gasteiger partial charge in [0.05, 0.1) is 13.2 Å². The van der Waals surface area contributed by atoms with Crippen molar-refractivity contribution in [2.24, 2.45) is 0 Å². The fraction of sp³-hybridized carbons (Fsp3) is 0.538. The molecule has 5 heteroatoms. The van der Waals surface area contributed by atoms with Crippen LogP contribution in [0.3, 0.4) is 0 Å². The van der Waals surface area contributed by atoms with Crippen molar-refractivity contribution in [3.63, 3.8) is 0 Å². The van der Waals surface area contributed by atoms with Gasteiger partial charge in [-0.3, -0.25) is 4.90 Å². The van der Waals surface area contributed by atoms with Gasteiger partial charge in [-0.2, -0.15) is 8.78 Å². The van der Waals surface area contributed by atoms with Crippen molar-refractivity contribution in [3.8, 4) is 0 Å². The Morgan fingerprint density at radius 1 is 1.22 bits per heavy atom. The van der Waals surface area contributed by atoms with E-state index in [1.54, 1.807) is 30.2 Å². The summed E-state index contributed by atoms with van der Waals surface area (Å²) < 4.78 is 33.0. The Morgan fingerprint density at radius 2 is 1.89 bits per heavy atom. The van der Waals surface area contributed by atoms with Gasteiger partial charge in [-0.15, -0.1) is 11.6 Å². The molecule has 18 heavy (non-hydrogen) atoms. The van der Waals surface area contributed by atoms with Crippen molar-refractivity contribution in [3.05, 3.63) is 35.9 Å². The zero-order valence-corrected chi connectivity index (χ0v) is 11.2. The molecule has 0 N–H and O–H groups in total. The molecule has 0 saturated carbocycles. The average Bonchev–Trinajstić information content (AvgIpc) is 2.37. The molecule has 0 unspecified atom stereocenters. The van der Waals surface area contributed by atoms with E-state index in [-0.39, 0.29) is 12.1 Å². The third-order valence-electron chi connectivity index (χ3n) is 2.63. The van der Waals surface area contributed by atoms with E-state index in [4.69, 9.17) is 16.3 Å². The van der Waals surface area contributed by atoms with E-state index < -0.39 is 5.92 Å². The number of alkyl halides is 3. The van der Waals surface area contributed by atoms with Crippen LogP contribution in [0.1, 0.15) is 5.56 Å². The van der Waals surface area contributed by atoms with Gasteiger partial charge in [0, 0.05) is 31.6 Å². The lowest BCUT2D eigenvalue weighted by Crippen LogP contribution is -2.38. The highest BCUT2D eigenvalue weighted by atomic mass is 35.5. The first-order valence-electron chi connectivity index (χ1n) is 5.81. The third-order valence-corrected chi connectivity index (χ3v) is 2.80. The zero-order valence-electron chi connectivity index (χ0n) is 10.4. The molecule has 1 aromatic carbocycles. The predicted octanol–water partition coefficient (Wildman–Crippen LogP) is 2.97. The maximum Gasteiger partial charge on any atom is 0.285 e. The van der Waals surface area contributed by atoms with Crippen LogP contribution in [-0.4, -0.2) is 44.1 Å². The summed E-state index contributed by atoms with van der Waals surface area (Å²) in [6, 6.07) is 7.83. The second kappa shape index (κ2) is 7.67. The smallest absolute Gasteiger partial charge is 0.285 e. The van der Waals surface area contributed by atoms with Gasteiger partial charge >= 0.3 is 0 Å². The minimum absolute atomic E-state index is 0.0296. The van der Waals surface area contributed by atoms with Crippen LogP contribution in [-0.2, 0) is 10.7 Å². The molecule has 0 fully saturated rings. The molecule has 1 aromatic rings. The summed E-state index contributed by atoms with van der Waals surface area (Å²) >= 11 is 5.62. The SMILES string of the molecule is COCCN(CCCl)CC(F)(F)c1ccccc1. The first-order chi connectivity index (χ1) is 8.60. The average molecular weight is 278 g/mol. The lowest BCUT2D eigenvalue weighted by atomic mass is 10.1. The topological polar surface area (TPSA) is 12.5 Å². The number of methoxy groups -OCH3 is 1. The standard InChI is InChI=1S/C13H18ClF2NO/c1-18-10-9-17(8-7-14)11-13(15,16)12-5-3-2-4-6-12/h2-6H,7-11H2,1H3. The Balaban J connectivity index is 2.66. The van der Waals surface area contributed by atoms with Crippen molar-refractivity contribution >= 4 is 11.6 Å². The molecule has 0 radical (unpaired) electrons. The first-order valence-corrected chi connectivity index (χ1v) is 6.34. The number of hydrogen-bond donors (Lipinski definition) is 0. The van der Waals surface area contributed by atoms with E-state index >= 15 is 0 Å². The van der Waals surface area contributed by atoms with E-state index in [1.165, 1.54) is 12.1 Å². The zero-order chi connectivity index (χ0) is 13.4. The maximum atomic E-state index is 14.0. The normalized spacial score (nSPS) is 12.1. The summed E-state index contributed by atoms with van der Waals surface area (Å²) in [5, 5.41) is 0. The van der Waals surface area contributed by atoms with Crippen molar-refractivity contribution in [1.29, 1.82) is 0 Å². The largest absolute Gasteiger partial charge is 0.383 e. The van der Waals surface area contributed by atoms with Crippen LogP contribution in [0, 0.1) is 0 Å². The number of halogens is 3. The Kier molecular flexibility index (Phi) is 6.54. The number of rotatable bonds is 8. The second-order valence-electron chi connectivity index (χ2n) is 4.03. The molecule has 0 atom stereocenters. The number of benzene rings is 1. The van der Waals surface area contributed by atoms with Crippen LogP contribution in [0.25, 0.3) is 0 Å². The van der Waals surface area contributed by atoms with Gasteiger partial charge in [-0.1, -0.05) is 30.3 Å². The van der Waals surface area contributed by atoms with Gasteiger partial charge in [-0.25, -0.2) is 0 Å². The van der Waals surface area contributed by atoms with Crippen molar-refractivity contribution in [1.82, 2.24) is 4.90 Å². The molecule has 1 rings (SSSR count). The molecule has 0 bridgehead atoms. The molecule has 102 valence electrons. The Labute approximate surface area is 111 Å². The highest BCUT2D eigenvalue weighted by Gasteiger charge is 2.33. The minimum atomic E-state index is -2.87. The minimum Gasteiger partial charge on any atom is -0.383 e. The van der Waals surface area contributed by atoms with Gasteiger partial charge in [0.25, 0.3) is 5.92 Å². The molecule has 0 saturated heterocycles. The molecular formula is C13H18ClF2NO. The molecular weight excluding hydrogens is 260 g/mol. The van der Waals surface area contributed by atoms with Crippen LogP contribution >= 0.6 is 11.6 Å². The summed E-state index contributed by atoms with van der Waals surface area (Å²) in [6.07, 6.45) is 0. The fourth-order valence-electron chi connectivity index (χ4n) is 1.66. The number of nitrogens with zero attached hydrogens (tertiary/aromatic N) is 1. The van der Waals surface area contributed by atoms with Gasteiger partial charge < -0.3 is 4.74 Å². The monoisotopic (exact) mass is 277 g/mol. The summed E-state index contributed by atoms with van der Waals surface area (Å²) in [5.41, 5.74) is 0.0296. The number of hydrogen-bond acceptors (Lipinski definition) is 2. The second-order valence-corrected chi connectivity index (χ2v) is 4.41. The van der Waals surface area contributed by atoms with Crippen LogP contribution in [0.2, 0.25) is 0 Å². The summed E-state index contributed by atoms with van der Waals surface area (Å²) in [6.45, 7) is 0.952. The van der Waals surface area contributed by atoms with Gasteiger partial charge in [-0.05, 0) is 0 Å². The first kappa shape index (κ1) is 15.3. The lowest BCUT2D eigenvalue weighted by molar-refractivity contribution is -0.0402. The van der Waals surface area contributed by atoms with E-state index in [0.717, 1.165) is 0 Å². The van der Waals surface area contributed by atoms with Crippen molar-refractivity contribution in [2.45, 2.75) is 5.92 Å². The Bertz CT molecular complexity index is 335. The Hall–Kier alpha value is -0.710. The molecule has 0 amide bonds. The van der Waals surface area contributed by atoms with Crippen molar-refractivity contribution < 1.29 is 13.5 Å². The molecule has 0 aliphatic carbocycles. The quantitative estimate of drug-likeness (QED) is 0.678. The van der Waals surface area contributed by atoms with E-state index in [0.29, 0.717) is 25.6 Å². The van der Waals surface area contributed by atoms with Crippen LogP contribution < -0.4 is 0 Å². The van der Waals surface area contributed by atoms with Crippen molar-refractivity contribution in [2.75, 3.05) is 39.2 Å². The Morgan fingerprint density at radius 3 is 2.44 bits per heavy atom. The predicted molar refractivity (Wildman–Crippen MR) is 69.4 cm³/mol. The van der Waals surface area contributed by atoms with E-state index in [1.807, 2.05) is 0 Å². The van der Waals surface area contributed by atoms with Gasteiger partial charge in [0.15, 0.2) is 0 Å². The van der Waals surface area contributed by atoms with E-state index in [2.05, 4.69) is 0 Å². The highest BCUT2D eigenvalue weighted by Crippen LogP contribution is 2.28. The third kappa shape index (κ3) is 4.88. The number of ether oxygens (including phenoxy) is 1. The summed E-state index contributed by atoms with van der Waals surface area (Å²) in [7, 11) is 1.55.